The Morgan fingerprint density at radius 1 is 1.56 bits per heavy atom. The van der Waals surface area contributed by atoms with Gasteiger partial charge in [0.05, 0.1) is 6.61 Å². The van der Waals surface area contributed by atoms with E-state index in [1.165, 1.54) is 7.11 Å². The van der Waals surface area contributed by atoms with Crippen molar-refractivity contribution in [2.75, 3.05) is 12.8 Å². The quantitative estimate of drug-likeness (QED) is 0.435. The summed E-state index contributed by atoms with van der Waals surface area (Å²) >= 11 is 0. The monoisotopic (exact) mass is 346 g/mol. The number of methoxy groups -OCH3 is 1. The van der Waals surface area contributed by atoms with E-state index >= 15 is 0 Å². The molecule has 0 unspecified atom stereocenters. The number of hydrogen-bond donors (Lipinski definition) is 2. The maximum Gasteiger partial charge on any atom is 0.292 e. The summed E-state index contributed by atoms with van der Waals surface area (Å²) in [6.07, 6.45) is 8.91. The molecular weight excluding hydrogens is 328 g/mol. The van der Waals surface area contributed by atoms with Crippen molar-refractivity contribution in [2.24, 2.45) is 11.0 Å². The predicted molar refractivity (Wildman–Crippen MR) is 86.8 cm³/mol. The van der Waals surface area contributed by atoms with Gasteiger partial charge in [0.25, 0.3) is 5.91 Å². The SMILES string of the molecule is COCc1nnn(-c2nonc2N)c1C(=O)N/N=C\[C@@H]1CC=CCC1. The van der Waals surface area contributed by atoms with Crippen molar-refractivity contribution in [3.63, 3.8) is 0 Å². The van der Waals surface area contributed by atoms with Gasteiger partial charge in [-0.15, -0.1) is 5.10 Å². The fraction of sp³-hybridized carbons (Fsp3) is 0.429. The molecule has 1 amide bonds. The topological polar surface area (TPSA) is 146 Å². The normalized spacial score (nSPS) is 17.2. The Morgan fingerprint density at radius 2 is 2.44 bits per heavy atom. The number of nitrogens with two attached hydrogens (primary N) is 1. The van der Waals surface area contributed by atoms with Gasteiger partial charge in [-0.25, -0.2) is 10.1 Å². The van der Waals surface area contributed by atoms with Gasteiger partial charge in [-0.05, 0) is 35.5 Å². The highest BCUT2D eigenvalue weighted by Gasteiger charge is 2.24. The van der Waals surface area contributed by atoms with Gasteiger partial charge < -0.3 is 10.5 Å². The van der Waals surface area contributed by atoms with E-state index in [4.69, 9.17) is 10.5 Å². The third-order valence-electron chi connectivity index (χ3n) is 3.69. The van der Waals surface area contributed by atoms with Gasteiger partial charge in [-0.3, -0.25) is 4.79 Å². The molecule has 1 aliphatic rings. The Hall–Kier alpha value is -3.08. The van der Waals surface area contributed by atoms with Gasteiger partial charge >= 0.3 is 0 Å². The molecule has 132 valence electrons. The molecule has 1 aliphatic carbocycles. The first kappa shape index (κ1) is 16.8. The maximum absolute atomic E-state index is 12.6. The highest BCUT2D eigenvalue weighted by molar-refractivity contribution is 5.94. The molecule has 2 aromatic rings. The third-order valence-corrected chi connectivity index (χ3v) is 3.69. The number of hydrogen-bond acceptors (Lipinski definition) is 9. The van der Waals surface area contributed by atoms with Crippen LogP contribution in [0.15, 0.2) is 21.9 Å². The first-order valence-corrected chi connectivity index (χ1v) is 7.71. The van der Waals surface area contributed by atoms with Gasteiger partial charge in [-0.1, -0.05) is 17.4 Å². The molecule has 0 fully saturated rings. The fourth-order valence-corrected chi connectivity index (χ4v) is 2.47. The molecular formula is C14H18N8O3. The number of amides is 1. The van der Waals surface area contributed by atoms with Crippen molar-refractivity contribution in [3.05, 3.63) is 23.5 Å². The summed E-state index contributed by atoms with van der Waals surface area (Å²) in [7, 11) is 1.49. The average molecular weight is 346 g/mol. The molecule has 11 nitrogen and oxygen atoms in total. The lowest BCUT2D eigenvalue weighted by atomic mass is 9.96. The van der Waals surface area contributed by atoms with Crippen LogP contribution in [-0.4, -0.2) is 44.5 Å². The summed E-state index contributed by atoms with van der Waals surface area (Å²) in [6, 6.07) is 0. The predicted octanol–water partition coefficient (Wildman–Crippen LogP) is 0.451. The number of aromatic nitrogens is 5. The van der Waals surface area contributed by atoms with E-state index in [9.17, 15) is 4.79 Å². The number of ether oxygens (including phenoxy) is 1. The molecule has 2 heterocycles. The summed E-state index contributed by atoms with van der Waals surface area (Å²) in [4.78, 5) is 12.6. The second-order valence-corrected chi connectivity index (χ2v) is 5.47. The van der Waals surface area contributed by atoms with E-state index in [2.05, 4.69) is 47.9 Å². The molecule has 0 radical (unpaired) electrons. The number of nitrogens with one attached hydrogen (secondary N) is 1. The molecule has 0 saturated carbocycles. The zero-order valence-corrected chi connectivity index (χ0v) is 13.6. The van der Waals surface area contributed by atoms with E-state index in [0.29, 0.717) is 11.6 Å². The summed E-state index contributed by atoms with van der Waals surface area (Å²) in [5.41, 5.74) is 8.57. The van der Waals surface area contributed by atoms with E-state index in [-0.39, 0.29) is 23.9 Å². The minimum atomic E-state index is -0.512. The zero-order valence-electron chi connectivity index (χ0n) is 13.6. The largest absolute Gasteiger partial charge is 0.378 e. The van der Waals surface area contributed by atoms with Crippen molar-refractivity contribution in [2.45, 2.75) is 25.9 Å². The minimum absolute atomic E-state index is 0.0135. The standard InChI is InChI=1S/C14H18N8O3/c1-24-8-10-11(22(21-17-10)13-12(15)19-25-20-13)14(23)18-16-7-9-5-3-2-4-6-9/h2-3,7,9H,4-6,8H2,1H3,(H2,15,19)(H,18,23)/b16-7-/t9-/m1/s1. The highest BCUT2D eigenvalue weighted by atomic mass is 16.6. The highest BCUT2D eigenvalue weighted by Crippen LogP contribution is 2.17. The molecule has 3 N–H and O–H groups in total. The van der Waals surface area contributed by atoms with Crippen LogP contribution >= 0.6 is 0 Å². The lowest BCUT2D eigenvalue weighted by molar-refractivity contribution is 0.0941. The summed E-state index contributed by atoms with van der Waals surface area (Å²) in [5, 5.41) is 19.0. The van der Waals surface area contributed by atoms with Crippen LogP contribution in [0.2, 0.25) is 0 Å². The maximum atomic E-state index is 12.6. The second kappa shape index (κ2) is 7.66. The Balaban J connectivity index is 1.80. The summed E-state index contributed by atoms with van der Waals surface area (Å²) < 4.78 is 10.7. The van der Waals surface area contributed by atoms with Crippen LogP contribution in [0.1, 0.15) is 35.4 Å². The Morgan fingerprint density at radius 3 is 3.12 bits per heavy atom. The van der Waals surface area contributed by atoms with Crippen LogP contribution in [0, 0.1) is 5.92 Å². The van der Waals surface area contributed by atoms with Crippen molar-refractivity contribution in [1.29, 1.82) is 0 Å². The van der Waals surface area contributed by atoms with Crippen molar-refractivity contribution >= 4 is 17.9 Å². The molecule has 0 spiro atoms. The van der Waals surface area contributed by atoms with Crippen LogP contribution in [0.5, 0.6) is 0 Å². The molecule has 3 rings (SSSR count). The van der Waals surface area contributed by atoms with E-state index < -0.39 is 5.91 Å². The van der Waals surface area contributed by atoms with Gasteiger partial charge in [0.15, 0.2) is 5.69 Å². The molecule has 25 heavy (non-hydrogen) atoms. The van der Waals surface area contributed by atoms with Crippen LogP contribution in [-0.2, 0) is 11.3 Å². The number of anilines is 1. The Bertz CT molecular complexity index is 794. The van der Waals surface area contributed by atoms with Crippen LogP contribution in [0.4, 0.5) is 5.82 Å². The Labute approximate surface area is 142 Å². The first-order valence-electron chi connectivity index (χ1n) is 7.71. The van der Waals surface area contributed by atoms with Crippen LogP contribution in [0.25, 0.3) is 5.82 Å². The molecule has 2 aromatic heterocycles. The van der Waals surface area contributed by atoms with Gasteiger partial charge in [0.1, 0.15) is 5.69 Å². The fourth-order valence-electron chi connectivity index (χ4n) is 2.47. The number of allylic oxidation sites excluding steroid dienone is 2. The lowest BCUT2D eigenvalue weighted by Gasteiger charge is -2.11. The van der Waals surface area contributed by atoms with Crippen LogP contribution < -0.4 is 11.2 Å². The van der Waals surface area contributed by atoms with Crippen molar-refractivity contribution < 1.29 is 14.2 Å². The van der Waals surface area contributed by atoms with Gasteiger partial charge in [0, 0.05) is 13.3 Å². The number of nitrogen functional groups attached to an aromatic ring is 1. The second-order valence-electron chi connectivity index (χ2n) is 5.47. The minimum Gasteiger partial charge on any atom is -0.378 e. The smallest absolute Gasteiger partial charge is 0.292 e. The average Bonchev–Trinajstić information content (AvgIpc) is 3.22. The molecule has 0 saturated heterocycles. The molecule has 0 aromatic carbocycles. The van der Waals surface area contributed by atoms with Gasteiger partial charge in [-0.2, -0.15) is 9.78 Å². The van der Waals surface area contributed by atoms with Crippen molar-refractivity contribution in [1.82, 2.24) is 30.7 Å². The van der Waals surface area contributed by atoms with E-state index in [0.717, 1.165) is 23.9 Å². The summed E-state index contributed by atoms with van der Waals surface area (Å²) in [5.74, 6) is -0.147. The number of hydrazone groups is 1. The van der Waals surface area contributed by atoms with E-state index in [1.807, 2.05) is 0 Å². The number of carbonyl (C=O) groups excluding carboxylic acids is 1. The molecule has 0 aliphatic heterocycles. The van der Waals surface area contributed by atoms with E-state index in [1.54, 1.807) is 6.21 Å². The molecule has 1 atom stereocenters. The molecule has 0 bridgehead atoms. The zero-order chi connectivity index (χ0) is 17.6. The number of nitrogens with zero attached hydrogens (tertiary/aromatic N) is 6. The third kappa shape index (κ3) is 3.71. The number of rotatable bonds is 6. The van der Waals surface area contributed by atoms with Crippen LogP contribution in [0.3, 0.4) is 0 Å². The van der Waals surface area contributed by atoms with Crippen molar-refractivity contribution in [3.8, 4) is 5.82 Å². The molecule has 11 heteroatoms. The Kier molecular flexibility index (Phi) is 5.14. The number of carbonyl (C=O) groups is 1. The van der Waals surface area contributed by atoms with Gasteiger partial charge in [0.2, 0.25) is 11.6 Å². The summed E-state index contributed by atoms with van der Waals surface area (Å²) in [6.45, 7) is 0.0884. The lowest BCUT2D eigenvalue weighted by Crippen LogP contribution is -2.24. The first-order chi connectivity index (χ1) is 12.2.